The minimum absolute atomic E-state index is 0.120. The Morgan fingerprint density at radius 3 is 2.31 bits per heavy atom. The molecule has 0 aromatic heterocycles. The largest absolute Gasteiger partial charge is 0.227 e. The van der Waals surface area contributed by atoms with Gasteiger partial charge in [-0.05, 0) is 45.6 Å². The Labute approximate surface area is 98.4 Å². The highest BCUT2D eigenvalue weighted by molar-refractivity contribution is 7.94. The summed E-state index contributed by atoms with van der Waals surface area (Å²) in [6.07, 6.45) is 5.08. The summed E-state index contributed by atoms with van der Waals surface area (Å²) in [6, 6.07) is 0. The number of hydrogen-bond donors (Lipinski definition) is 0. The highest BCUT2D eigenvalue weighted by Gasteiger charge is 2.59. The molecule has 0 radical (unpaired) electrons. The first-order valence-electron chi connectivity index (χ1n) is 5.74. The van der Waals surface area contributed by atoms with Gasteiger partial charge in [0.2, 0.25) is 0 Å². The molecule has 0 N–H and O–H groups in total. The second-order valence-electron chi connectivity index (χ2n) is 6.08. The predicted molar refractivity (Wildman–Crippen MR) is 67.0 cm³/mol. The SMILES string of the molecule is C=C1[C@H]2C=C[C@H](C2)[C@@]1(C)S(=O)(=O)C(C)(C)C. The maximum atomic E-state index is 12.7. The average Bonchev–Trinajstić information content (AvgIpc) is 2.68. The number of fused-ring (bicyclic) bond motifs is 2. The number of allylic oxidation sites excluding steroid dienone is 2. The van der Waals surface area contributed by atoms with Gasteiger partial charge in [0, 0.05) is 5.92 Å². The summed E-state index contributed by atoms with van der Waals surface area (Å²) in [5.41, 5.74) is 0.884. The molecule has 2 bridgehead atoms. The zero-order valence-electron chi connectivity index (χ0n) is 10.4. The van der Waals surface area contributed by atoms with Gasteiger partial charge in [-0.2, -0.15) is 0 Å². The first-order chi connectivity index (χ1) is 7.12. The van der Waals surface area contributed by atoms with E-state index in [-0.39, 0.29) is 11.8 Å². The highest BCUT2D eigenvalue weighted by Crippen LogP contribution is 2.55. The topological polar surface area (TPSA) is 34.1 Å². The van der Waals surface area contributed by atoms with Crippen LogP contribution in [0.1, 0.15) is 34.1 Å². The fourth-order valence-electron chi connectivity index (χ4n) is 2.98. The lowest BCUT2D eigenvalue weighted by molar-refractivity contribution is 0.490. The van der Waals surface area contributed by atoms with E-state index in [1.54, 1.807) is 20.8 Å². The normalized spacial score (nSPS) is 38.4. The van der Waals surface area contributed by atoms with Crippen LogP contribution >= 0.6 is 0 Å². The summed E-state index contributed by atoms with van der Waals surface area (Å²) in [4.78, 5) is 0. The molecule has 0 aromatic carbocycles. The fourth-order valence-corrected chi connectivity index (χ4v) is 5.32. The van der Waals surface area contributed by atoms with Crippen LogP contribution in [0.2, 0.25) is 0 Å². The van der Waals surface area contributed by atoms with Crippen LogP contribution in [-0.4, -0.2) is 17.9 Å². The maximum absolute atomic E-state index is 12.7. The Morgan fingerprint density at radius 2 is 1.94 bits per heavy atom. The van der Waals surface area contributed by atoms with E-state index < -0.39 is 19.3 Å². The van der Waals surface area contributed by atoms with E-state index in [4.69, 9.17) is 0 Å². The zero-order valence-corrected chi connectivity index (χ0v) is 11.3. The third-order valence-electron chi connectivity index (χ3n) is 4.24. The molecule has 1 fully saturated rings. The lowest BCUT2D eigenvalue weighted by atomic mass is 9.90. The van der Waals surface area contributed by atoms with E-state index in [1.165, 1.54) is 0 Å². The number of hydrogen-bond acceptors (Lipinski definition) is 2. The molecule has 2 aliphatic rings. The second kappa shape index (κ2) is 3.00. The molecule has 3 heteroatoms. The summed E-state index contributed by atoms with van der Waals surface area (Å²) >= 11 is 0. The van der Waals surface area contributed by atoms with Crippen molar-refractivity contribution < 1.29 is 8.42 Å². The van der Waals surface area contributed by atoms with Crippen LogP contribution < -0.4 is 0 Å². The van der Waals surface area contributed by atoms with Crippen molar-refractivity contribution in [2.75, 3.05) is 0 Å². The van der Waals surface area contributed by atoms with E-state index in [1.807, 2.05) is 6.92 Å². The van der Waals surface area contributed by atoms with Gasteiger partial charge in [0.15, 0.2) is 9.84 Å². The Morgan fingerprint density at radius 1 is 1.38 bits per heavy atom. The quantitative estimate of drug-likeness (QED) is 0.660. The highest BCUT2D eigenvalue weighted by atomic mass is 32.2. The molecular weight excluding hydrogens is 220 g/mol. The van der Waals surface area contributed by atoms with Crippen molar-refractivity contribution in [1.82, 2.24) is 0 Å². The average molecular weight is 240 g/mol. The Balaban J connectivity index is 2.58. The Bertz CT molecular complexity index is 465. The summed E-state index contributed by atoms with van der Waals surface area (Å²) in [5, 5.41) is 0. The first-order valence-corrected chi connectivity index (χ1v) is 7.22. The minimum atomic E-state index is -3.21. The van der Waals surface area contributed by atoms with Crippen molar-refractivity contribution in [3.63, 3.8) is 0 Å². The molecule has 2 aliphatic carbocycles. The van der Waals surface area contributed by atoms with Crippen molar-refractivity contribution in [3.8, 4) is 0 Å². The van der Waals surface area contributed by atoms with E-state index in [2.05, 4.69) is 18.7 Å². The van der Waals surface area contributed by atoms with Gasteiger partial charge in [-0.15, -0.1) is 0 Å². The molecule has 0 aromatic rings. The van der Waals surface area contributed by atoms with Crippen LogP contribution in [0.3, 0.4) is 0 Å². The Hall–Kier alpha value is -0.570. The van der Waals surface area contributed by atoms with E-state index in [9.17, 15) is 8.42 Å². The summed E-state index contributed by atoms with van der Waals surface area (Å²) in [5.74, 6) is 0.390. The van der Waals surface area contributed by atoms with Crippen molar-refractivity contribution in [2.24, 2.45) is 11.8 Å². The second-order valence-corrected chi connectivity index (χ2v) is 9.16. The molecule has 0 heterocycles. The molecule has 0 aliphatic heterocycles. The molecule has 0 spiro atoms. The van der Waals surface area contributed by atoms with Crippen molar-refractivity contribution in [1.29, 1.82) is 0 Å². The third-order valence-corrected chi connectivity index (χ3v) is 7.53. The number of sulfone groups is 1. The van der Waals surface area contributed by atoms with Gasteiger partial charge in [-0.3, -0.25) is 0 Å². The molecular formula is C13H20O2S. The van der Waals surface area contributed by atoms with Crippen LogP contribution in [0.4, 0.5) is 0 Å². The van der Waals surface area contributed by atoms with Gasteiger partial charge in [-0.1, -0.05) is 18.7 Å². The van der Waals surface area contributed by atoms with Gasteiger partial charge >= 0.3 is 0 Å². The van der Waals surface area contributed by atoms with Gasteiger partial charge in [0.05, 0.1) is 9.49 Å². The smallest absolute Gasteiger partial charge is 0.165 e. The zero-order chi connectivity index (χ0) is 12.4. The monoisotopic (exact) mass is 240 g/mol. The molecule has 0 amide bonds. The van der Waals surface area contributed by atoms with Crippen LogP contribution in [0.25, 0.3) is 0 Å². The molecule has 1 saturated carbocycles. The van der Waals surface area contributed by atoms with Crippen molar-refractivity contribution >= 4 is 9.84 Å². The predicted octanol–water partition coefficient (Wildman–Crippen LogP) is 2.72. The molecule has 3 atom stereocenters. The lowest BCUT2D eigenvalue weighted by Gasteiger charge is -2.38. The Kier molecular flexibility index (Phi) is 2.24. The molecule has 90 valence electrons. The van der Waals surface area contributed by atoms with E-state index in [0.717, 1.165) is 12.0 Å². The van der Waals surface area contributed by atoms with Gasteiger partial charge in [0.1, 0.15) is 0 Å². The van der Waals surface area contributed by atoms with Gasteiger partial charge < -0.3 is 0 Å². The molecule has 2 nitrogen and oxygen atoms in total. The number of rotatable bonds is 1. The minimum Gasteiger partial charge on any atom is -0.227 e. The molecule has 0 unspecified atom stereocenters. The van der Waals surface area contributed by atoms with Gasteiger partial charge in [-0.25, -0.2) is 8.42 Å². The van der Waals surface area contributed by atoms with Crippen molar-refractivity contribution in [3.05, 3.63) is 24.3 Å². The summed E-state index contributed by atoms with van der Waals surface area (Å²) in [7, 11) is -3.21. The van der Waals surface area contributed by atoms with E-state index >= 15 is 0 Å². The summed E-state index contributed by atoms with van der Waals surface area (Å²) < 4.78 is 23.9. The lowest BCUT2D eigenvalue weighted by Crippen LogP contribution is -2.49. The first kappa shape index (κ1) is 11.9. The van der Waals surface area contributed by atoms with Crippen LogP contribution in [0, 0.1) is 11.8 Å². The molecule has 16 heavy (non-hydrogen) atoms. The third kappa shape index (κ3) is 1.15. The summed E-state index contributed by atoms with van der Waals surface area (Å²) in [6.45, 7) is 11.2. The van der Waals surface area contributed by atoms with Crippen LogP contribution in [0.15, 0.2) is 24.3 Å². The molecule has 2 rings (SSSR count). The van der Waals surface area contributed by atoms with E-state index in [0.29, 0.717) is 0 Å². The van der Waals surface area contributed by atoms with Crippen LogP contribution in [0.5, 0.6) is 0 Å². The fraction of sp³-hybridized carbons (Fsp3) is 0.692. The molecule has 0 saturated heterocycles. The maximum Gasteiger partial charge on any atom is 0.165 e. The van der Waals surface area contributed by atoms with Gasteiger partial charge in [0.25, 0.3) is 0 Å². The standard InChI is InChI=1S/C13H20O2S/c1-9-10-6-7-11(8-10)13(9,5)16(14,15)12(2,3)4/h6-7,10-11H,1,8H2,2-5H3/t10-,11+,13-/m0/s1. The van der Waals surface area contributed by atoms with Crippen molar-refractivity contribution in [2.45, 2.75) is 43.6 Å². The van der Waals surface area contributed by atoms with Crippen LogP contribution in [-0.2, 0) is 9.84 Å².